The number of carbonyl (C=O) groups excluding carboxylic acids is 1. The number of ether oxygens (including phenoxy) is 1. The van der Waals surface area contributed by atoms with E-state index in [1.165, 1.54) is 17.7 Å². The standard InChI is InChI=1S/C18H21NO4S/c1-13-9-14(2)11-15(10-13)12-19(24(4,21)22)17-7-5-16(6-8-17)18(20)23-3/h5-11H,12H2,1-4H3. The van der Waals surface area contributed by atoms with Crippen molar-refractivity contribution in [2.75, 3.05) is 17.7 Å². The summed E-state index contributed by atoms with van der Waals surface area (Å²) in [4.78, 5) is 11.5. The van der Waals surface area contributed by atoms with Crippen LogP contribution in [0.4, 0.5) is 5.69 Å². The van der Waals surface area contributed by atoms with Crippen LogP contribution in [0.5, 0.6) is 0 Å². The fraction of sp³-hybridized carbons (Fsp3) is 0.278. The second kappa shape index (κ2) is 7.05. The molecule has 0 heterocycles. The van der Waals surface area contributed by atoms with Gasteiger partial charge < -0.3 is 4.74 Å². The van der Waals surface area contributed by atoms with Crippen molar-refractivity contribution >= 4 is 21.7 Å². The molecule has 0 aliphatic carbocycles. The quantitative estimate of drug-likeness (QED) is 0.780. The molecule has 0 saturated carbocycles. The first-order chi connectivity index (χ1) is 11.2. The Hall–Kier alpha value is -2.34. The molecule has 0 aliphatic heterocycles. The van der Waals surface area contributed by atoms with E-state index in [1.807, 2.05) is 32.0 Å². The van der Waals surface area contributed by atoms with Crippen molar-refractivity contribution in [2.45, 2.75) is 20.4 Å². The lowest BCUT2D eigenvalue weighted by atomic mass is 10.1. The summed E-state index contributed by atoms with van der Waals surface area (Å²) in [6.07, 6.45) is 1.17. The fourth-order valence-electron chi connectivity index (χ4n) is 2.61. The lowest BCUT2D eigenvalue weighted by molar-refractivity contribution is 0.0601. The van der Waals surface area contributed by atoms with E-state index in [0.717, 1.165) is 16.7 Å². The van der Waals surface area contributed by atoms with Gasteiger partial charge in [0.05, 0.1) is 31.2 Å². The Balaban J connectivity index is 2.37. The third kappa shape index (κ3) is 4.35. The molecule has 24 heavy (non-hydrogen) atoms. The van der Waals surface area contributed by atoms with Gasteiger partial charge in [-0.3, -0.25) is 4.31 Å². The van der Waals surface area contributed by atoms with E-state index in [9.17, 15) is 13.2 Å². The van der Waals surface area contributed by atoms with Gasteiger partial charge >= 0.3 is 5.97 Å². The minimum absolute atomic E-state index is 0.235. The van der Waals surface area contributed by atoms with E-state index in [2.05, 4.69) is 4.74 Å². The lowest BCUT2D eigenvalue weighted by Crippen LogP contribution is -2.29. The van der Waals surface area contributed by atoms with Crippen molar-refractivity contribution in [3.8, 4) is 0 Å². The van der Waals surface area contributed by atoms with Crippen LogP contribution in [0.3, 0.4) is 0 Å². The Labute approximate surface area is 142 Å². The van der Waals surface area contributed by atoms with Crippen molar-refractivity contribution in [3.05, 3.63) is 64.7 Å². The fourth-order valence-corrected chi connectivity index (χ4v) is 3.50. The number of benzene rings is 2. The number of anilines is 1. The average Bonchev–Trinajstić information content (AvgIpc) is 2.50. The van der Waals surface area contributed by atoms with Crippen molar-refractivity contribution in [1.29, 1.82) is 0 Å². The van der Waals surface area contributed by atoms with Gasteiger partial charge in [-0.1, -0.05) is 29.3 Å². The van der Waals surface area contributed by atoms with Gasteiger partial charge in [0.25, 0.3) is 0 Å². The molecule has 0 fully saturated rings. The number of nitrogens with zero attached hydrogens (tertiary/aromatic N) is 1. The van der Waals surface area contributed by atoms with Crippen LogP contribution in [0.1, 0.15) is 27.0 Å². The zero-order chi connectivity index (χ0) is 17.9. The van der Waals surface area contributed by atoms with Gasteiger partial charge in [0, 0.05) is 0 Å². The Kier molecular flexibility index (Phi) is 5.29. The first kappa shape index (κ1) is 18.0. The zero-order valence-corrected chi connectivity index (χ0v) is 15.1. The highest BCUT2D eigenvalue weighted by atomic mass is 32.2. The highest BCUT2D eigenvalue weighted by Crippen LogP contribution is 2.22. The molecule has 128 valence electrons. The average molecular weight is 347 g/mol. The monoisotopic (exact) mass is 347 g/mol. The Bertz CT molecular complexity index is 822. The number of hydrogen-bond acceptors (Lipinski definition) is 4. The topological polar surface area (TPSA) is 63.7 Å². The molecule has 5 nitrogen and oxygen atoms in total. The Morgan fingerprint density at radius 2 is 1.58 bits per heavy atom. The van der Waals surface area contributed by atoms with Crippen molar-refractivity contribution in [3.63, 3.8) is 0 Å². The number of methoxy groups -OCH3 is 1. The van der Waals surface area contributed by atoms with E-state index in [1.54, 1.807) is 24.3 Å². The number of rotatable bonds is 5. The Morgan fingerprint density at radius 1 is 1.04 bits per heavy atom. The molecule has 0 aliphatic rings. The molecule has 0 aromatic heterocycles. The normalized spacial score (nSPS) is 11.2. The molecule has 6 heteroatoms. The smallest absolute Gasteiger partial charge is 0.337 e. The van der Waals surface area contributed by atoms with Crippen molar-refractivity contribution < 1.29 is 17.9 Å². The van der Waals surface area contributed by atoms with Gasteiger partial charge in [0.2, 0.25) is 10.0 Å². The van der Waals surface area contributed by atoms with E-state index in [-0.39, 0.29) is 6.54 Å². The minimum atomic E-state index is -3.46. The molecule has 2 aromatic carbocycles. The van der Waals surface area contributed by atoms with Crippen LogP contribution < -0.4 is 4.31 Å². The first-order valence-electron chi connectivity index (χ1n) is 7.44. The number of hydrogen-bond donors (Lipinski definition) is 0. The first-order valence-corrected chi connectivity index (χ1v) is 9.29. The van der Waals surface area contributed by atoms with Gasteiger partial charge in [0.15, 0.2) is 0 Å². The van der Waals surface area contributed by atoms with E-state index < -0.39 is 16.0 Å². The number of sulfonamides is 1. The summed E-state index contributed by atoms with van der Waals surface area (Å²) in [6.45, 7) is 4.19. The summed E-state index contributed by atoms with van der Waals surface area (Å²) in [5.74, 6) is -0.457. The molecule has 0 N–H and O–H groups in total. The summed E-state index contributed by atoms with van der Waals surface area (Å²) >= 11 is 0. The molecule has 2 rings (SSSR count). The van der Waals surface area contributed by atoms with Gasteiger partial charge in [0.1, 0.15) is 0 Å². The molecule has 0 saturated heterocycles. The minimum Gasteiger partial charge on any atom is -0.465 e. The number of esters is 1. The van der Waals surface area contributed by atoms with Crippen LogP contribution in [0, 0.1) is 13.8 Å². The molecule has 0 unspecified atom stereocenters. The molecular formula is C18H21NO4S. The summed E-state index contributed by atoms with van der Waals surface area (Å²) in [5.41, 5.74) is 3.96. The number of aryl methyl sites for hydroxylation is 2. The molecule has 0 bridgehead atoms. The zero-order valence-electron chi connectivity index (χ0n) is 14.2. The van der Waals surface area contributed by atoms with Crippen LogP contribution >= 0.6 is 0 Å². The summed E-state index contributed by atoms with van der Waals surface area (Å²) in [7, 11) is -2.16. The van der Waals surface area contributed by atoms with Crippen molar-refractivity contribution in [2.24, 2.45) is 0 Å². The van der Waals surface area contributed by atoms with Crippen LogP contribution in [-0.4, -0.2) is 27.8 Å². The predicted octanol–water partition coefficient (Wildman–Crippen LogP) is 3.06. The molecule has 2 aromatic rings. The van der Waals surface area contributed by atoms with Crippen LogP contribution in [0.15, 0.2) is 42.5 Å². The van der Waals surface area contributed by atoms with Crippen LogP contribution in [0.25, 0.3) is 0 Å². The largest absolute Gasteiger partial charge is 0.465 e. The van der Waals surface area contributed by atoms with Crippen LogP contribution in [-0.2, 0) is 21.3 Å². The maximum absolute atomic E-state index is 12.2. The highest BCUT2D eigenvalue weighted by Gasteiger charge is 2.18. The number of carbonyl (C=O) groups is 1. The maximum atomic E-state index is 12.2. The third-order valence-electron chi connectivity index (χ3n) is 3.58. The summed E-state index contributed by atoms with van der Waals surface area (Å²) in [6, 6.07) is 12.3. The highest BCUT2D eigenvalue weighted by molar-refractivity contribution is 7.92. The SMILES string of the molecule is COC(=O)c1ccc(N(Cc2cc(C)cc(C)c2)S(C)(=O)=O)cc1. The van der Waals surface area contributed by atoms with Gasteiger partial charge in [-0.05, 0) is 43.7 Å². The predicted molar refractivity (Wildman–Crippen MR) is 94.7 cm³/mol. The second-order valence-electron chi connectivity index (χ2n) is 5.80. The van der Waals surface area contributed by atoms with Crippen molar-refractivity contribution in [1.82, 2.24) is 0 Å². The third-order valence-corrected chi connectivity index (χ3v) is 4.72. The summed E-state index contributed by atoms with van der Waals surface area (Å²) < 4.78 is 30.4. The maximum Gasteiger partial charge on any atom is 0.337 e. The molecule has 0 atom stereocenters. The molecule has 0 amide bonds. The molecule has 0 spiro atoms. The van der Waals surface area contributed by atoms with Gasteiger partial charge in [-0.15, -0.1) is 0 Å². The van der Waals surface area contributed by atoms with E-state index in [4.69, 9.17) is 0 Å². The van der Waals surface area contributed by atoms with E-state index in [0.29, 0.717) is 11.3 Å². The second-order valence-corrected chi connectivity index (χ2v) is 7.71. The lowest BCUT2D eigenvalue weighted by Gasteiger charge is -2.23. The van der Waals surface area contributed by atoms with E-state index >= 15 is 0 Å². The Morgan fingerprint density at radius 3 is 2.04 bits per heavy atom. The van der Waals surface area contributed by atoms with Gasteiger partial charge in [-0.25, -0.2) is 13.2 Å². The molecule has 0 radical (unpaired) electrons. The van der Waals surface area contributed by atoms with Gasteiger partial charge in [-0.2, -0.15) is 0 Å². The summed E-state index contributed by atoms with van der Waals surface area (Å²) in [5, 5.41) is 0. The molecular weight excluding hydrogens is 326 g/mol. The van der Waals surface area contributed by atoms with Crippen LogP contribution in [0.2, 0.25) is 0 Å².